The molecule has 0 heterocycles. The maximum Gasteiger partial charge on any atom is 0.303 e. The van der Waals surface area contributed by atoms with Crippen molar-refractivity contribution in [1.29, 1.82) is 0 Å². The summed E-state index contributed by atoms with van der Waals surface area (Å²) < 4.78 is 25.4. The molecule has 2 N–H and O–H groups in total. The Morgan fingerprint density at radius 3 is 2.27 bits per heavy atom. The number of nitrogens with one attached hydrogen (secondary N) is 1. The molecule has 0 aliphatic carbocycles. The molecule has 0 saturated heterocycles. The van der Waals surface area contributed by atoms with Crippen LogP contribution in [0.4, 0.5) is 0 Å². The van der Waals surface area contributed by atoms with Crippen LogP contribution in [-0.2, 0) is 14.8 Å². The first kappa shape index (κ1) is 14.4. The average Bonchev–Trinajstić information content (AvgIpc) is 2.13. The van der Waals surface area contributed by atoms with Crippen molar-refractivity contribution in [1.82, 2.24) is 4.72 Å². The molecule has 0 aromatic rings. The lowest BCUT2D eigenvalue weighted by Crippen LogP contribution is -2.35. The van der Waals surface area contributed by atoms with Crippen LogP contribution < -0.4 is 4.72 Å². The third-order valence-corrected chi connectivity index (χ3v) is 3.65. The van der Waals surface area contributed by atoms with E-state index in [2.05, 4.69) is 4.72 Å². The predicted octanol–water partition coefficient (Wildman–Crippen LogP) is 0.959. The van der Waals surface area contributed by atoms with Crippen molar-refractivity contribution < 1.29 is 18.3 Å². The monoisotopic (exact) mass is 237 g/mol. The van der Waals surface area contributed by atoms with Gasteiger partial charge < -0.3 is 5.11 Å². The van der Waals surface area contributed by atoms with Gasteiger partial charge in [0.15, 0.2) is 0 Å². The molecule has 0 aromatic heterocycles. The highest BCUT2D eigenvalue weighted by atomic mass is 32.2. The summed E-state index contributed by atoms with van der Waals surface area (Å²) in [6, 6.07) is -0.0418. The minimum atomic E-state index is -3.31. The molecule has 6 heteroatoms. The fourth-order valence-electron chi connectivity index (χ4n) is 1.18. The van der Waals surface area contributed by atoms with E-state index in [9.17, 15) is 13.2 Å². The fourth-order valence-corrected chi connectivity index (χ4v) is 2.67. The molecule has 0 spiro atoms. The van der Waals surface area contributed by atoms with Gasteiger partial charge in [-0.15, -0.1) is 0 Å². The Bertz CT molecular complexity index is 282. The van der Waals surface area contributed by atoms with E-state index < -0.39 is 16.0 Å². The summed E-state index contributed by atoms with van der Waals surface area (Å²) in [4.78, 5) is 10.2. The SMILES string of the molecule is CCC(CC)NS(=O)(=O)CCCC(=O)O. The van der Waals surface area contributed by atoms with Gasteiger partial charge in [0.1, 0.15) is 0 Å². The van der Waals surface area contributed by atoms with Crippen LogP contribution in [0.5, 0.6) is 0 Å². The normalized spacial score (nSPS) is 11.9. The second-order valence-electron chi connectivity index (χ2n) is 3.45. The topological polar surface area (TPSA) is 83.5 Å². The Kier molecular flexibility index (Phi) is 6.51. The number of carboxylic acid groups (broad SMARTS) is 1. The lowest BCUT2D eigenvalue weighted by Gasteiger charge is -2.14. The highest BCUT2D eigenvalue weighted by Crippen LogP contribution is 2.01. The first-order chi connectivity index (χ1) is 6.91. The van der Waals surface area contributed by atoms with Crippen LogP contribution in [-0.4, -0.2) is 31.3 Å². The minimum Gasteiger partial charge on any atom is -0.481 e. The van der Waals surface area contributed by atoms with E-state index in [1.807, 2.05) is 13.8 Å². The molecule has 0 fully saturated rings. The molecule has 0 radical (unpaired) electrons. The van der Waals surface area contributed by atoms with Crippen LogP contribution in [0.2, 0.25) is 0 Å². The Balaban J connectivity index is 4.02. The summed E-state index contributed by atoms with van der Waals surface area (Å²) in [7, 11) is -3.31. The Morgan fingerprint density at radius 1 is 1.33 bits per heavy atom. The zero-order valence-corrected chi connectivity index (χ0v) is 10.0. The Hall–Kier alpha value is -0.620. The zero-order chi connectivity index (χ0) is 11.9. The summed E-state index contributed by atoms with van der Waals surface area (Å²) in [5.41, 5.74) is 0. The van der Waals surface area contributed by atoms with Crippen molar-refractivity contribution >= 4 is 16.0 Å². The predicted molar refractivity (Wildman–Crippen MR) is 58.2 cm³/mol. The molecule has 0 unspecified atom stereocenters. The molecule has 0 amide bonds. The number of sulfonamides is 1. The van der Waals surface area contributed by atoms with Gasteiger partial charge in [0.05, 0.1) is 5.75 Å². The third kappa shape index (κ3) is 7.33. The van der Waals surface area contributed by atoms with Crippen LogP contribution in [0.3, 0.4) is 0 Å². The standard InChI is InChI=1S/C9H19NO4S/c1-3-8(4-2)10-15(13,14)7-5-6-9(11)12/h8,10H,3-7H2,1-2H3,(H,11,12). The molecule has 0 saturated carbocycles. The molecule has 0 aliphatic heterocycles. The van der Waals surface area contributed by atoms with Crippen LogP contribution in [0, 0.1) is 0 Å². The molecule has 0 aliphatic rings. The van der Waals surface area contributed by atoms with Crippen molar-refractivity contribution in [2.45, 2.75) is 45.6 Å². The quantitative estimate of drug-likeness (QED) is 0.658. The third-order valence-electron chi connectivity index (χ3n) is 2.14. The maximum atomic E-state index is 11.4. The van der Waals surface area contributed by atoms with Gasteiger partial charge >= 0.3 is 5.97 Å². The number of hydrogen-bond acceptors (Lipinski definition) is 3. The summed E-state index contributed by atoms with van der Waals surface area (Å²) >= 11 is 0. The molecule has 90 valence electrons. The lowest BCUT2D eigenvalue weighted by atomic mass is 10.2. The Labute approximate surface area is 90.9 Å². The number of hydrogen-bond donors (Lipinski definition) is 2. The largest absolute Gasteiger partial charge is 0.481 e. The summed E-state index contributed by atoms with van der Waals surface area (Å²) in [5.74, 6) is -1.08. The van der Waals surface area contributed by atoms with E-state index in [-0.39, 0.29) is 24.6 Å². The number of carboxylic acids is 1. The summed E-state index contributed by atoms with van der Waals surface area (Å²) in [6.45, 7) is 3.82. The highest BCUT2D eigenvalue weighted by molar-refractivity contribution is 7.89. The lowest BCUT2D eigenvalue weighted by molar-refractivity contribution is -0.137. The number of rotatable bonds is 8. The van der Waals surface area contributed by atoms with E-state index in [0.29, 0.717) is 0 Å². The van der Waals surface area contributed by atoms with Gasteiger partial charge in [-0.2, -0.15) is 0 Å². The molecule has 5 nitrogen and oxygen atoms in total. The van der Waals surface area contributed by atoms with Crippen molar-refractivity contribution in [3.8, 4) is 0 Å². The minimum absolute atomic E-state index is 0.0418. The van der Waals surface area contributed by atoms with Crippen molar-refractivity contribution in [3.63, 3.8) is 0 Å². The highest BCUT2D eigenvalue weighted by Gasteiger charge is 2.15. The molecule has 0 rings (SSSR count). The van der Waals surface area contributed by atoms with Gasteiger partial charge in [0.25, 0.3) is 0 Å². The van der Waals surface area contributed by atoms with Gasteiger partial charge in [0, 0.05) is 12.5 Å². The molecule has 15 heavy (non-hydrogen) atoms. The molecule has 0 aromatic carbocycles. The number of aliphatic carboxylic acids is 1. The first-order valence-electron chi connectivity index (χ1n) is 5.13. The van der Waals surface area contributed by atoms with Crippen molar-refractivity contribution in [3.05, 3.63) is 0 Å². The van der Waals surface area contributed by atoms with E-state index in [1.165, 1.54) is 0 Å². The fraction of sp³-hybridized carbons (Fsp3) is 0.889. The zero-order valence-electron chi connectivity index (χ0n) is 9.19. The molecule has 0 atom stereocenters. The van der Waals surface area contributed by atoms with Crippen LogP contribution in [0.15, 0.2) is 0 Å². The molecular formula is C9H19NO4S. The van der Waals surface area contributed by atoms with Crippen molar-refractivity contribution in [2.75, 3.05) is 5.75 Å². The van der Waals surface area contributed by atoms with Crippen LogP contribution in [0.25, 0.3) is 0 Å². The van der Waals surface area contributed by atoms with Gasteiger partial charge in [-0.3, -0.25) is 4.79 Å². The van der Waals surface area contributed by atoms with Crippen molar-refractivity contribution in [2.24, 2.45) is 0 Å². The summed E-state index contributed by atoms with van der Waals surface area (Å²) in [5, 5.41) is 8.37. The number of carbonyl (C=O) groups is 1. The second-order valence-corrected chi connectivity index (χ2v) is 5.32. The Morgan fingerprint density at radius 2 is 1.87 bits per heavy atom. The molecular weight excluding hydrogens is 218 g/mol. The van der Waals surface area contributed by atoms with Gasteiger partial charge in [-0.1, -0.05) is 13.8 Å². The van der Waals surface area contributed by atoms with E-state index in [0.717, 1.165) is 12.8 Å². The second kappa shape index (κ2) is 6.79. The van der Waals surface area contributed by atoms with E-state index in [1.54, 1.807) is 0 Å². The maximum absolute atomic E-state index is 11.4. The van der Waals surface area contributed by atoms with Crippen LogP contribution in [0.1, 0.15) is 39.5 Å². The van der Waals surface area contributed by atoms with Gasteiger partial charge in [0.2, 0.25) is 10.0 Å². The smallest absolute Gasteiger partial charge is 0.303 e. The molecule has 0 bridgehead atoms. The van der Waals surface area contributed by atoms with Gasteiger partial charge in [-0.25, -0.2) is 13.1 Å². The van der Waals surface area contributed by atoms with E-state index in [4.69, 9.17) is 5.11 Å². The van der Waals surface area contributed by atoms with E-state index >= 15 is 0 Å². The average molecular weight is 237 g/mol. The first-order valence-corrected chi connectivity index (χ1v) is 6.78. The van der Waals surface area contributed by atoms with Gasteiger partial charge in [-0.05, 0) is 19.3 Å². The summed E-state index contributed by atoms with van der Waals surface area (Å²) in [6.07, 6.45) is 1.54. The van der Waals surface area contributed by atoms with Crippen LogP contribution >= 0.6 is 0 Å².